The van der Waals surface area contributed by atoms with E-state index in [-0.39, 0.29) is 0 Å². The highest BCUT2D eigenvalue weighted by molar-refractivity contribution is 6.17. The molecule has 1 saturated carbocycles. The molecule has 1 aliphatic rings. The van der Waals surface area contributed by atoms with Crippen LogP contribution in [-0.4, -0.2) is 15.7 Å². The van der Waals surface area contributed by atoms with Gasteiger partial charge in [-0.2, -0.15) is 5.10 Å². The van der Waals surface area contributed by atoms with Gasteiger partial charge in [-0.05, 0) is 31.2 Å². The zero-order chi connectivity index (χ0) is 11.2. The van der Waals surface area contributed by atoms with Crippen LogP contribution in [0.1, 0.15) is 56.6 Å². The first kappa shape index (κ1) is 12.0. The smallest absolute Gasteiger partial charge is 0.0521 e. The predicted molar refractivity (Wildman–Crippen MR) is 68.0 cm³/mol. The molecule has 1 aromatic heterocycles. The molecule has 0 bridgehead atoms. The molecule has 1 heterocycles. The first-order valence-electron chi connectivity index (χ1n) is 6.49. The van der Waals surface area contributed by atoms with E-state index in [9.17, 15) is 0 Å². The maximum Gasteiger partial charge on any atom is 0.0521 e. The fraction of sp³-hybridized carbons (Fsp3) is 0.769. The van der Waals surface area contributed by atoms with Crippen LogP contribution in [0.2, 0.25) is 0 Å². The van der Waals surface area contributed by atoms with Crippen LogP contribution in [0, 0.1) is 0 Å². The van der Waals surface area contributed by atoms with Gasteiger partial charge >= 0.3 is 0 Å². The lowest BCUT2D eigenvalue weighted by molar-refractivity contribution is 0.405. The second kappa shape index (κ2) is 6.29. The van der Waals surface area contributed by atoms with E-state index in [1.54, 1.807) is 0 Å². The van der Waals surface area contributed by atoms with Gasteiger partial charge in [0.1, 0.15) is 0 Å². The second-order valence-corrected chi connectivity index (χ2v) is 5.14. The number of rotatable bonds is 4. The van der Waals surface area contributed by atoms with Gasteiger partial charge in [0.2, 0.25) is 0 Å². The van der Waals surface area contributed by atoms with E-state index < -0.39 is 0 Å². The van der Waals surface area contributed by atoms with E-state index in [2.05, 4.69) is 16.0 Å². The normalized spacial score (nSPS) is 18.6. The van der Waals surface area contributed by atoms with Crippen LogP contribution in [0.5, 0.6) is 0 Å². The average molecular weight is 241 g/mol. The van der Waals surface area contributed by atoms with E-state index in [4.69, 9.17) is 11.6 Å². The molecule has 90 valence electrons. The number of aryl methyl sites for hydroxylation is 1. The van der Waals surface area contributed by atoms with Crippen LogP contribution in [0.4, 0.5) is 0 Å². The van der Waals surface area contributed by atoms with Crippen molar-refractivity contribution in [3.63, 3.8) is 0 Å². The summed E-state index contributed by atoms with van der Waals surface area (Å²) in [5, 5.41) is 4.51. The first-order valence-corrected chi connectivity index (χ1v) is 7.02. The Hall–Kier alpha value is -0.500. The predicted octanol–water partition coefficient (Wildman–Crippen LogP) is 3.95. The van der Waals surface area contributed by atoms with Gasteiger partial charge in [0.25, 0.3) is 0 Å². The molecule has 0 radical (unpaired) electrons. The Kier molecular flexibility index (Phi) is 4.70. The molecule has 1 fully saturated rings. The average Bonchev–Trinajstić information content (AvgIpc) is 2.60. The van der Waals surface area contributed by atoms with Crippen LogP contribution in [-0.2, 0) is 6.42 Å². The van der Waals surface area contributed by atoms with Gasteiger partial charge in [0.15, 0.2) is 0 Å². The number of aromatic nitrogens is 2. The van der Waals surface area contributed by atoms with Crippen molar-refractivity contribution in [3.8, 4) is 0 Å². The zero-order valence-corrected chi connectivity index (χ0v) is 10.6. The Labute approximate surface area is 103 Å². The Bertz CT molecular complexity index is 301. The van der Waals surface area contributed by atoms with E-state index in [1.165, 1.54) is 44.1 Å². The third kappa shape index (κ3) is 3.24. The minimum Gasteiger partial charge on any atom is -0.269 e. The van der Waals surface area contributed by atoms with Crippen molar-refractivity contribution in [2.24, 2.45) is 0 Å². The standard InChI is InChI=1S/C13H21ClN2/c14-9-5-6-12-10-15-16(11-12)13-7-3-1-2-4-8-13/h10-11,13H,1-9H2. The van der Waals surface area contributed by atoms with Gasteiger partial charge in [-0.25, -0.2) is 0 Å². The molecule has 0 N–H and O–H groups in total. The molecule has 1 aromatic rings. The molecule has 0 atom stereocenters. The van der Waals surface area contributed by atoms with Crippen LogP contribution in [0.25, 0.3) is 0 Å². The topological polar surface area (TPSA) is 17.8 Å². The highest BCUT2D eigenvalue weighted by atomic mass is 35.5. The maximum atomic E-state index is 5.70. The summed E-state index contributed by atoms with van der Waals surface area (Å²) in [4.78, 5) is 0. The lowest BCUT2D eigenvalue weighted by Crippen LogP contribution is -2.08. The van der Waals surface area contributed by atoms with E-state index >= 15 is 0 Å². The molecule has 0 aliphatic heterocycles. The molecule has 3 heteroatoms. The first-order chi connectivity index (χ1) is 7.90. The third-order valence-electron chi connectivity index (χ3n) is 3.45. The van der Waals surface area contributed by atoms with E-state index in [0.717, 1.165) is 18.7 Å². The second-order valence-electron chi connectivity index (χ2n) is 4.77. The lowest BCUT2D eigenvalue weighted by atomic mass is 10.1. The molecule has 0 saturated heterocycles. The van der Waals surface area contributed by atoms with Crippen molar-refractivity contribution in [1.82, 2.24) is 9.78 Å². The van der Waals surface area contributed by atoms with Crippen molar-refractivity contribution < 1.29 is 0 Å². The molecule has 2 nitrogen and oxygen atoms in total. The van der Waals surface area contributed by atoms with Gasteiger partial charge in [-0.1, -0.05) is 25.7 Å². The Morgan fingerprint density at radius 1 is 1.25 bits per heavy atom. The summed E-state index contributed by atoms with van der Waals surface area (Å²) in [6.45, 7) is 0. The summed E-state index contributed by atoms with van der Waals surface area (Å²) in [6, 6.07) is 0.646. The summed E-state index contributed by atoms with van der Waals surface area (Å²) in [5.74, 6) is 0.745. The highest BCUT2D eigenvalue weighted by Crippen LogP contribution is 2.26. The quantitative estimate of drug-likeness (QED) is 0.576. The van der Waals surface area contributed by atoms with Crippen LogP contribution >= 0.6 is 11.6 Å². The Morgan fingerprint density at radius 2 is 2.00 bits per heavy atom. The lowest BCUT2D eigenvalue weighted by Gasteiger charge is -2.14. The van der Waals surface area contributed by atoms with Crippen molar-refractivity contribution in [1.29, 1.82) is 0 Å². The third-order valence-corrected chi connectivity index (χ3v) is 3.72. The van der Waals surface area contributed by atoms with Gasteiger partial charge in [-0.15, -0.1) is 11.6 Å². The highest BCUT2D eigenvalue weighted by Gasteiger charge is 2.14. The fourth-order valence-electron chi connectivity index (χ4n) is 2.50. The SMILES string of the molecule is ClCCCc1cnn(C2CCCCCC2)c1. The monoisotopic (exact) mass is 240 g/mol. The molecular formula is C13H21ClN2. The minimum atomic E-state index is 0.646. The maximum absolute atomic E-state index is 5.70. The van der Waals surface area contributed by atoms with Crippen molar-refractivity contribution in [3.05, 3.63) is 18.0 Å². The molecule has 0 aromatic carbocycles. The molecule has 0 spiro atoms. The summed E-state index contributed by atoms with van der Waals surface area (Å²) in [7, 11) is 0. The van der Waals surface area contributed by atoms with Crippen molar-refractivity contribution >= 4 is 11.6 Å². The largest absolute Gasteiger partial charge is 0.269 e. The number of halogens is 1. The zero-order valence-electron chi connectivity index (χ0n) is 9.87. The molecule has 2 rings (SSSR count). The summed E-state index contributed by atoms with van der Waals surface area (Å²) in [5.41, 5.74) is 1.34. The molecule has 0 unspecified atom stereocenters. The van der Waals surface area contributed by atoms with Crippen LogP contribution in [0.15, 0.2) is 12.4 Å². The van der Waals surface area contributed by atoms with Crippen LogP contribution < -0.4 is 0 Å². The van der Waals surface area contributed by atoms with Crippen molar-refractivity contribution in [2.45, 2.75) is 57.4 Å². The van der Waals surface area contributed by atoms with Gasteiger partial charge < -0.3 is 0 Å². The van der Waals surface area contributed by atoms with Crippen LogP contribution in [0.3, 0.4) is 0 Å². The van der Waals surface area contributed by atoms with Crippen molar-refractivity contribution in [2.75, 3.05) is 5.88 Å². The van der Waals surface area contributed by atoms with E-state index in [0.29, 0.717) is 6.04 Å². The van der Waals surface area contributed by atoms with Gasteiger partial charge in [-0.3, -0.25) is 4.68 Å². The Balaban J connectivity index is 1.94. The van der Waals surface area contributed by atoms with E-state index in [1.807, 2.05) is 6.20 Å². The molecule has 1 aliphatic carbocycles. The minimum absolute atomic E-state index is 0.646. The number of hydrogen-bond donors (Lipinski definition) is 0. The number of nitrogens with zero attached hydrogens (tertiary/aromatic N) is 2. The molecule has 0 amide bonds. The van der Waals surface area contributed by atoms with Gasteiger partial charge in [0, 0.05) is 12.1 Å². The van der Waals surface area contributed by atoms with Gasteiger partial charge in [0.05, 0.1) is 12.2 Å². The fourth-order valence-corrected chi connectivity index (χ4v) is 2.63. The number of hydrogen-bond acceptors (Lipinski definition) is 1. The summed E-state index contributed by atoms with van der Waals surface area (Å²) in [6.07, 6.45) is 14.5. The summed E-state index contributed by atoms with van der Waals surface area (Å²) < 4.78 is 2.19. The summed E-state index contributed by atoms with van der Waals surface area (Å²) >= 11 is 5.70. The number of alkyl halides is 1. The molecular weight excluding hydrogens is 220 g/mol. The Morgan fingerprint density at radius 3 is 2.69 bits per heavy atom. The molecule has 16 heavy (non-hydrogen) atoms.